The molecule has 3 rings (SSSR count). The molecule has 1 aromatic heterocycles. The highest BCUT2D eigenvalue weighted by Gasteiger charge is 2.38. The summed E-state index contributed by atoms with van der Waals surface area (Å²) in [6, 6.07) is 5.05. The lowest BCUT2D eigenvalue weighted by Crippen LogP contribution is -2.58. The van der Waals surface area contributed by atoms with E-state index in [4.69, 9.17) is 4.74 Å². The van der Waals surface area contributed by atoms with Gasteiger partial charge in [0.2, 0.25) is 0 Å². The maximum Gasteiger partial charge on any atom is 0.0926 e. The van der Waals surface area contributed by atoms with E-state index in [0.29, 0.717) is 12.0 Å². The number of morpholine rings is 1. The van der Waals surface area contributed by atoms with Crippen molar-refractivity contribution >= 4 is 5.69 Å². The van der Waals surface area contributed by atoms with E-state index in [1.165, 1.54) is 18.5 Å². The molecule has 4 nitrogen and oxygen atoms in total. The minimum absolute atomic E-state index is 0.0190. The van der Waals surface area contributed by atoms with Crippen LogP contribution in [0.2, 0.25) is 0 Å². The van der Waals surface area contributed by atoms with Crippen molar-refractivity contribution in [1.82, 2.24) is 10.3 Å². The SMILES string of the molecule is CC(C)c1ccc(N2CCO[C@@H](C(C)(C)NC3CC3)C2)cn1. The summed E-state index contributed by atoms with van der Waals surface area (Å²) < 4.78 is 6.06. The molecule has 0 spiro atoms. The smallest absolute Gasteiger partial charge is 0.0926 e. The molecule has 1 saturated heterocycles. The number of aromatic nitrogens is 1. The van der Waals surface area contributed by atoms with E-state index in [1.807, 2.05) is 6.20 Å². The molecular weight excluding hydrogens is 274 g/mol. The van der Waals surface area contributed by atoms with Crippen molar-refractivity contribution in [2.24, 2.45) is 0 Å². The summed E-state index contributed by atoms with van der Waals surface area (Å²) >= 11 is 0. The van der Waals surface area contributed by atoms with Crippen LogP contribution in [0, 0.1) is 0 Å². The predicted octanol–water partition coefficient (Wildman–Crippen LogP) is 2.94. The zero-order valence-electron chi connectivity index (χ0n) is 14.3. The minimum atomic E-state index is 0.0190. The molecule has 0 radical (unpaired) electrons. The lowest BCUT2D eigenvalue weighted by atomic mass is 9.95. The number of hydrogen-bond donors (Lipinski definition) is 1. The molecule has 122 valence electrons. The summed E-state index contributed by atoms with van der Waals surface area (Å²) in [6.07, 6.45) is 4.84. The maximum absolute atomic E-state index is 6.06. The van der Waals surface area contributed by atoms with Crippen LogP contribution in [0.5, 0.6) is 0 Å². The molecule has 2 aliphatic rings. The van der Waals surface area contributed by atoms with Gasteiger partial charge in [-0.2, -0.15) is 0 Å². The number of nitrogens with zero attached hydrogens (tertiary/aromatic N) is 2. The zero-order chi connectivity index (χ0) is 15.7. The fourth-order valence-corrected chi connectivity index (χ4v) is 3.09. The van der Waals surface area contributed by atoms with Crippen molar-refractivity contribution < 1.29 is 4.74 Å². The Labute approximate surface area is 134 Å². The zero-order valence-corrected chi connectivity index (χ0v) is 14.3. The monoisotopic (exact) mass is 303 g/mol. The van der Waals surface area contributed by atoms with Gasteiger partial charge in [0, 0.05) is 30.4 Å². The van der Waals surface area contributed by atoms with Crippen molar-refractivity contribution in [2.45, 2.75) is 64.1 Å². The molecule has 4 heteroatoms. The van der Waals surface area contributed by atoms with Gasteiger partial charge in [-0.3, -0.25) is 4.98 Å². The van der Waals surface area contributed by atoms with E-state index < -0.39 is 0 Å². The molecule has 2 fully saturated rings. The lowest BCUT2D eigenvalue weighted by Gasteiger charge is -2.42. The Morgan fingerprint density at radius 1 is 1.32 bits per heavy atom. The first-order valence-electron chi connectivity index (χ1n) is 8.56. The van der Waals surface area contributed by atoms with E-state index in [9.17, 15) is 0 Å². The first-order chi connectivity index (χ1) is 10.5. The number of anilines is 1. The highest BCUT2D eigenvalue weighted by atomic mass is 16.5. The average Bonchev–Trinajstić information content (AvgIpc) is 3.31. The van der Waals surface area contributed by atoms with Gasteiger partial charge in [0.05, 0.1) is 24.6 Å². The average molecular weight is 303 g/mol. The molecule has 1 atom stereocenters. The second-order valence-corrected chi connectivity index (χ2v) is 7.54. The molecule has 1 saturated carbocycles. The Kier molecular flexibility index (Phi) is 4.42. The van der Waals surface area contributed by atoms with Crippen molar-refractivity contribution in [3.8, 4) is 0 Å². The van der Waals surface area contributed by atoms with Gasteiger partial charge in [0.15, 0.2) is 0 Å². The molecular formula is C18H29N3O. The van der Waals surface area contributed by atoms with Crippen LogP contribution in [0.1, 0.15) is 52.1 Å². The van der Waals surface area contributed by atoms with Crippen LogP contribution in [-0.4, -0.2) is 42.4 Å². The van der Waals surface area contributed by atoms with Crippen LogP contribution in [0.15, 0.2) is 18.3 Å². The highest BCUT2D eigenvalue weighted by molar-refractivity contribution is 5.45. The quantitative estimate of drug-likeness (QED) is 0.907. The summed E-state index contributed by atoms with van der Waals surface area (Å²) in [6.45, 7) is 11.5. The van der Waals surface area contributed by atoms with Crippen LogP contribution >= 0.6 is 0 Å². The van der Waals surface area contributed by atoms with Crippen molar-refractivity contribution in [2.75, 3.05) is 24.6 Å². The summed E-state index contributed by atoms with van der Waals surface area (Å²) in [5, 5.41) is 3.73. The molecule has 1 N–H and O–H groups in total. The van der Waals surface area contributed by atoms with Gasteiger partial charge in [-0.05, 0) is 44.7 Å². The largest absolute Gasteiger partial charge is 0.373 e. The van der Waals surface area contributed by atoms with Crippen molar-refractivity contribution in [1.29, 1.82) is 0 Å². The molecule has 2 heterocycles. The van der Waals surface area contributed by atoms with Gasteiger partial charge < -0.3 is 15.0 Å². The van der Waals surface area contributed by atoms with Gasteiger partial charge in [-0.15, -0.1) is 0 Å². The second kappa shape index (κ2) is 6.17. The van der Waals surface area contributed by atoms with Crippen LogP contribution in [-0.2, 0) is 4.74 Å². The Morgan fingerprint density at radius 3 is 2.68 bits per heavy atom. The van der Waals surface area contributed by atoms with E-state index in [1.54, 1.807) is 0 Å². The third kappa shape index (κ3) is 3.61. The minimum Gasteiger partial charge on any atom is -0.373 e. The Morgan fingerprint density at radius 2 is 2.09 bits per heavy atom. The number of hydrogen-bond acceptors (Lipinski definition) is 4. The van der Waals surface area contributed by atoms with E-state index in [2.05, 4.69) is 55.0 Å². The first kappa shape index (κ1) is 15.8. The lowest BCUT2D eigenvalue weighted by molar-refractivity contribution is -0.0134. The molecule has 0 bridgehead atoms. The standard InChI is InChI=1S/C18H29N3O/c1-13(2)16-8-7-15(11-19-16)21-9-10-22-17(12-21)18(3,4)20-14-5-6-14/h7-8,11,13-14,17,20H,5-6,9-10,12H2,1-4H3/t17-/m1/s1. The third-order valence-corrected chi connectivity index (χ3v) is 4.75. The van der Waals surface area contributed by atoms with Crippen LogP contribution in [0.25, 0.3) is 0 Å². The molecule has 1 aliphatic carbocycles. The molecule has 1 aliphatic heterocycles. The van der Waals surface area contributed by atoms with Gasteiger partial charge in [0.1, 0.15) is 0 Å². The number of rotatable bonds is 5. The van der Waals surface area contributed by atoms with E-state index in [0.717, 1.165) is 25.4 Å². The number of nitrogens with one attached hydrogen (secondary N) is 1. The van der Waals surface area contributed by atoms with Crippen molar-refractivity contribution in [3.63, 3.8) is 0 Å². The Balaban J connectivity index is 1.66. The molecule has 0 unspecified atom stereocenters. The molecule has 0 aromatic carbocycles. The Bertz CT molecular complexity index is 494. The predicted molar refractivity (Wildman–Crippen MR) is 90.5 cm³/mol. The summed E-state index contributed by atoms with van der Waals surface area (Å²) in [7, 11) is 0. The molecule has 0 amide bonds. The maximum atomic E-state index is 6.06. The fraction of sp³-hybridized carbons (Fsp3) is 0.722. The summed E-state index contributed by atoms with van der Waals surface area (Å²) in [5.41, 5.74) is 2.38. The third-order valence-electron chi connectivity index (χ3n) is 4.75. The number of pyridine rings is 1. The van der Waals surface area contributed by atoms with Crippen molar-refractivity contribution in [3.05, 3.63) is 24.0 Å². The van der Waals surface area contributed by atoms with Gasteiger partial charge in [-0.25, -0.2) is 0 Å². The van der Waals surface area contributed by atoms with Crippen LogP contribution < -0.4 is 10.2 Å². The van der Waals surface area contributed by atoms with E-state index >= 15 is 0 Å². The van der Waals surface area contributed by atoms with Gasteiger partial charge in [0.25, 0.3) is 0 Å². The first-order valence-corrected chi connectivity index (χ1v) is 8.56. The molecule has 1 aromatic rings. The van der Waals surface area contributed by atoms with Crippen LogP contribution in [0.4, 0.5) is 5.69 Å². The Hall–Kier alpha value is -1.13. The second-order valence-electron chi connectivity index (χ2n) is 7.54. The number of ether oxygens (including phenoxy) is 1. The summed E-state index contributed by atoms with van der Waals surface area (Å²) in [4.78, 5) is 7.01. The fourth-order valence-electron chi connectivity index (χ4n) is 3.09. The van der Waals surface area contributed by atoms with Gasteiger partial charge >= 0.3 is 0 Å². The topological polar surface area (TPSA) is 37.4 Å². The highest BCUT2D eigenvalue weighted by Crippen LogP contribution is 2.28. The van der Waals surface area contributed by atoms with Crippen LogP contribution in [0.3, 0.4) is 0 Å². The summed E-state index contributed by atoms with van der Waals surface area (Å²) in [5.74, 6) is 0.480. The molecule has 22 heavy (non-hydrogen) atoms. The van der Waals surface area contributed by atoms with E-state index in [-0.39, 0.29) is 11.6 Å². The van der Waals surface area contributed by atoms with Gasteiger partial charge in [-0.1, -0.05) is 13.8 Å². The normalized spacial score (nSPS) is 23.1.